The van der Waals surface area contributed by atoms with Crippen LogP contribution in [0.1, 0.15) is 25.5 Å². The Hall–Kier alpha value is -1.12. The molecule has 0 saturated carbocycles. The van der Waals surface area contributed by atoms with E-state index in [2.05, 4.69) is 10.0 Å². The van der Waals surface area contributed by atoms with E-state index in [4.69, 9.17) is 0 Å². The maximum atomic E-state index is 11.9. The van der Waals surface area contributed by atoms with E-state index in [0.717, 1.165) is 18.4 Å². The van der Waals surface area contributed by atoms with Crippen LogP contribution in [0.4, 0.5) is 5.69 Å². The van der Waals surface area contributed by atoms with Crippen LogP contribution in [0.15, 0.2) is 24.3 Å². The summed E-state index contributed by atoms with van der Waals surface area (Å²) in [6.45, 7) is 4.79. The van der Waals surface area contributed by atoms with E-state index in [0.29, 0.717) is 5.69 Å². The summed E-state index contributed by atoms with van der Waals surface area (Å²) in [5, 5.41) is 3.24. The molecule has 0 aliphatic carbocycles. The Kier molecular flexibility index (Phi) is 6.18. The Bertz CT molecular complexity index is 669. The summed E-state index contributed by atoms with van der Waals surface area (Å²) >= 11 is 0. The third-order valence-electron chi connectivity index (χ3n) is 2.89. The first-order valence-electron chi connectivity index (χ1n) is 6.64. The SMILES string of the molecule is CCNC(C)c1cccc(NS(=O)(=O)CCS(C)(=O)=O)c1. The fraction of sp³-hybridized carbons (Fsp3) is 0.538. The van der Waals surface area contributed by atoms with Gasteiger partial charge in [0, 0.05) is 18.0 Å². The van der Waals surface area contributed by atoms with E-state index in [-0.39, 0.29) is 6.04 Å². The number of benzene rings is 1. The van der Waals surface area contributed by atoms with Crippen molar-refractivity contribution < 1.29 is 16.8 Å². The minimum Gasteiger partial charge on any atom is -0.310 e. The molecule has 0 radical (unpaired) electrons. The molecule has 1 unspecified atom stereocenters. The van der Waals surface area contributed by atoms with E-state index in [1.807, 2.05) is 19.9 Å². The van der Waals surface area contributed by atoms with Gasteiger partial charge < -0.3 is 5.32 Å². The van der Waals surface area contributed by atoms with Crippen LogP contribution in [0, 0.1) is 0 Å². The lowest BCUT2D eigenvalue weighted by molar-refractivity contribution is 0.593. The zero-order chi connectivity index (χ0) is 16.1. The van der Waals surface area contributed by atoms with Crippen LogP contribution in [0.3, 0.4) is 0 Å². The van der Waals surface area contributed by atoms with Gasteiger partial charge in [0.05, 0.1) is 11.5 Å². The zero-order valence-corrected chi connectivity index (χ0v) is 14.1. The maximum Gasteiger partial charge on any atom is 0.233 e. The van der Waals surface area contributed by atoms with Crippen molar-refractivity contribution in [3.05, 3.63) is 29.8 Å². The molecule has 0 aromatic heterocycles. The molecule has 0 fully saturated rings. The average Bonchev–Trinajstić information content (AvgIpc) is 2.36. The average molecular weight is 334 g/mol. The second-order valence-corrected chi connectivity index (χ2v) is 9.06. The summed E-state index contributed by atoms with van der Waals surface area (Å²) in [6, 6.07) is 7.15. The van der Waals surface area contributed by atoms with Crippen molar-refractivity contribution >= 4 is 25.5 Å². The van der Waals surface area contributed by atoms with Crippen LogP contribution in [0.5, 0.6) is 0 Å². The molecular formula is C13H22N2O4S2. The second-order valence-electron chi connectivity index (χ2n) is 4.96. The van der Waals surface area contributed by atoms with Crippen molar-refractivity contribution in [1.29, 1.82) is 0 Å². The summed E-state index contributed by atoms with van der Waals surface area (Å²) in [5.41, 5.74) is 1.39. The lowest BCUT2D eigenvalue weighted by Gasteiger charge is -2.14. The summed E-state index contributed by atoms with van der Waals surface area (Å²) in [6.07, 6.45) is 1.02. The molecule has 0 spiro atoms. The molecule has 0 saturated heterocycles. The van der Waals surface area contributed by atoms with Crippen molar-refractivity contribution in [1.82, 2.24) is 5.32 Å². The molecule has 0 aliphatic heterocycles. The Morgan fingerprint density at radius 2 is 1.81 bits per heavy atom. The highest BCUT2D eigenvalue weighted by atomic mass is 32.2. The molecule has 21 heavy (non-hydrogen) atoms. The van der Waals surface area contributed by atoms with Gasteiger partial charge in [0.15, 0.2) is 0 Å². The fourth-order valence-corrected chi connectivity index (χ4v) is 4.46. The summed E-state index contributed by atoms with van der Waals surface area (Å²) in [4.78, 5) is 0. The summed E-state index contributed by atoms with van der Waals surface area (Å²) < 4.78 is 48.2. The van der Waals surface area contributed by atoms with Gasteiger partial charge in [-0.1, -0.05) is 19.1 Å². The van der Waals surface area contributed by atoms with Crippen LogP contribution in [0.2, 0.25) is 0 Å². The van der Waals surface area contributed by atoms with Gasteiger partial charge in [-0.2, -0.15) is 0 Å². The van der Waals surface area contributed by atoms with Gasteiger partial charge in [0.2, 0.25) is 10.0 Å². The fourth-order valence-electron chi connectivity index (χ4n) is 1.79. The number of nitrogens with one attached hydrogen (secondary N) is 2. The van der Waals surface area contributed by atoms with Crippen LogP contribution in [-0.4, -0.2) is 41.1 Å². The third-order valence-corrected chi connectivity index (χ3v) is 5.39. The van der Waals surface area contributed by atoms with Gasteiger partial charge in [0.1, 0.15) is 9.84 Å². The van der Waals surface area contributed by atoms with Crippen molar-refractivity contribution in [3.8, 4) is 0 Å². The number of sulfonamides is 1. The molecule has 8 heteroatoms. The van der Waals surface area contributed by atoms with E-state index in [1.165, 1.54) is 0 Å². The largest absolute Gasteiger partial charge is 0.310 e. The van der Waals surface area contributed by atoms with E-state index >= 15 is 0 Å². The van der Waals surface area contributed by atoms with Crippen LogP contribution in [-0.2, 0) is 19.9 Å². The van der Waals surface area contributed by atoms with Crippen LogP contribution < -0.4 is 10.0 Å². The minimum absolute atomic E-state index is 0.107. The molecule has 6 nitrogen and oxygen atoms in total. The number of anilines is 1. The zero-order valence-electron chi connectivity index (χ0n) is 12.5. The normalized spacial score (nSPS) is 13.9. The van der Waals surface area contributed by atoms with Gasteiger partial charge in [-0.15, -0.1) is 0 Å². The van der Waals surface area contributed by atoms with Crippen molar-refractivity contribution in [2.45, 2.75) is 19.9 Å². The van der Waals surface area contributed by atoms with Crippen LogP contribution >= 0.6 is 0 Å². The molecule has 1 rings (SSSR count). The van der Waals surface area contributed by atoms with Crippen molar-refractivity contribution in [2.75, 3.05) is 29.0 Å². The molecule has 0 bridgehead atoms. The highest BCUT2D eigenvalue weighted by molar-refractivity contribution is 7.95. The van der Waals surface area contributed by atoms with Gasteiger partial charge in [-0.05, 0) is 31.2 Å². The van der Waals surface area contributed by atoms with E-state index < -0.39 is 31.4 Å². The smallest absolute Gasteiger partial charge is 0.233 e. The molecule has 120 valence electrons. The number of rotatable bonds is 8. The first-order valence-corrected chi connectivity index (χ1v) is 10.4. The highest BCUT2D eigenvalue weighted by Crippen LogP contribution is 2.18. The number of hydrogen-bond acceptors (Lipinski definition) is 5. The molecule has 0 aliphatic rings. The van der Waals surface area contributed by atoms with Crippen molar-refractivity contribution in [3.63, 3.8) is 0 Å². The lowest BCUT2D eigenvalue weighted by atomic mass is 10.1. The molecule has 0 heterocycles. The highest BCUT2D eigenvalue weighted by Gasteiger charge is 2.15. The minimum atomic E-state index is -3.67. The predicted molar refractivity (Wildman–Crippen MR) is 85.7 cm³/mol. The van der Waals surface area contributed by atoms with Gasteiger partial charge >= 0.3 is 0 Å². The molecular weight excluding hydrogens is 312 g/mol. The quantitative estimate of drug-likeness (QED) is 0.744. The molecule has 1 atom stereocenters. The Morgan fingerprint density at radius 1 is 1.14 bits per heavy atom. The van der Waals surface area contributed by atoms with E-state index in [9.17, 15) is 16.8 Å². The molecule has 1 aromatic rings. The standard InChI is InChI=1S/C13H22N2O4S2/c1-4-14-11(2)12-6-5-7-13(10-12)15-21(18,19)9-8-20(3,16)17/h5-7,10-11,14-15H,4,8-9H2,1-3H3. The third kappa shape index (κ3) is 6.92. The van der Waals surface area contributed by atoms with Gasteiger partial charge in [-0.3, -0.25) is 4.72 Å². The predicted octanol–water partition coefficient (Wildman–Crippen LogP) is 1.14. The van der Waals surface area contributed by atoms with Gasteiger partial charge in [-0.25, -0.2) is 16.8 Å². The Balaban J connectivity index is 2.81. The molecule has 1 aromatic carbocycles. The maximum absolute atomic E-state index is 11.9. The second kappa shape index (κ2) is 7.24. The first-order chi connectivity index (χ1) is 9.63. The Morgan fingerprint density at radius 3 is 2.38 bits per heavy atom. The van der Waals surface area contributed by atoms with Crippen LogP contribution in [0.25, 0.3) is 0 Å². The van der Waals surface area contributed by atoms with Crippen molar-refractivity contribution in [2.24, 2.45) is 0 Å². The Labute approximate surface area is 126 Å². The molecule has 2 N–H and O–H groups in total. The lowest BCUT2D eigenvalue weighted by Crippen LogP contribution is -2.23. The summed E-state index contributed by atoms with van der Waals surface area (Å²) in [5.74, 6) is -0.839. The molecule has 0 amide bonds. The van der Waals surface area contributed by atoms with Gasteiger partial charge in [0.25, 0.3) is 0 Å². The topological polar surface area (TPSA) is 92.3 Å². The monoisotopic (exact) mass is 334 g/mol. The summed E-state index contributed by atoms with van der Waals surface area (Å²) in [7, 11) is -6.98. The number of hydrogen-bond donors (Lipinski definition) is 2. The van der Waals surface area contributed by atoms with E-state index in [1.54, 1.807) is 18.2 Å². The first kappa shape index (κ1) is 17.9. The number of sulfone groups is 1.